The van der Waals surface area contributed by atoms with Crippen molar-refractivity contribution in [3.05, 3.63) is 54.1 Å². The van der Waals surface area contributed by atoms with E-state index in [1.807, 2.05) is 43.3 Å². The van der Waals surface area contributed by atoms with Gasteiger partial charge in [-0.25, -0.2) is 18.6 Å². The van der Waals surface area contributed by atoms with Gasteiger partial charge in [-0.2, -0.15) is 4.98 Å². The first-order valence-corrected chi connectivity index (χ1v) is 11.1. The standard InChI is InChI=1S/C24H28F2N6O/c1-32(2)22-17-6-3-4-9-20(17)29-23(31-22)28-16-12-10-15(11-13-16)14-27-24(33)30-21-18(25)7-5-8-19(21)26/h3-9,15-16H,10-14H2,1-2H3,(H2,27,30,33)(H,28,29,31)/t15-,16+. The Bertz CT molecular complexity index is 1110. The molecule has 1 aliphatic rings. The molecule has 9 heteroatoms. The number of amides is 2. The van der Waals surface area contributed by atoms with Gasteiger partial charge in [-0.3, -0.25) is 0 Å². The van der Waals surface area contributed by atoms with Crippen molar-refractivity contribution >= 4 is 34.4 Å². The summed E-state index contributed by atoms with van der Waals surface area (Å²) in [4.78, 5) is 23.4. The van der Waals surface area contributed by atoms with Crippen molar-refractivity contribution in [2.24, 2.45) is 5.92 Å². The van der Waals surface area contributed by atoms with Crippen molar-refractivity contribution in [3.8, 4) is 0 Å². The Morgan fingerprint density at radius 3 is 2.39 bits per heavy atom. The van der Waals surface area contributed by atoms with Gasteiger partial charge in [-0.05, 0) is 55.9 Å². The number of nitrogens with one attached hydrogen (secondary N) is 3. The molecule has 3 aromatic rings. The number of hydrogen-bond donors (Lipinski definition) is 3. The third-order valence-electron chi connectivity index (χ3n) is 5.94. The molecular formula is C24H28F2N6O. The Morgan fingerprint density at radius 1 is 1.00 bits per heavy atom. The molecule has 7 nitrogen and oxygen atoms in total. The summed E-state index contributed by atoms with van der Waals surface area (Å²) in [6.45, 7) is 0.450. The number of rotatable bonds is 6. The highest BCUT2D eigenvalue weighted by atomic mass is 19.1. The third-order valence-corrected chi connectivity index (χ3v) is 5.94. The van der Waals surface area contributed by atoms with Gasteiger partial charge in [0.05, 0.1) is 5.52 Å². The molecule has 1 aliphatic carbocycles. The maximum absolute atomic E-state index is 13.7. The van der Waals surface area contributed by atoms with E-state index in [1.165, 1.54) is 6.07 Å². The van der Waals surface area contributed by atoms with Crippen LogP contribution in [0.1, 0.15) is 25.7 Å². The molecule has 2 amide bonds. The molecule has 174 valence electrons. The molecule has 0 aliphatic heterocycles. The second kappa shape index (κ2) is 9.97. The monoisotopic (exact) mass is 454 g/mol. The fraction of sp³-hybridized carbons (Fsp3) is 0.375. The normalized spacial score (nSPS) is 18.1. The van der Waals surface area contributed by atoms with Crippen LogP contribution in [0.2, 0.25) is 0 Å². The first-order valence-electron chi connectivity index (χ1n) is 11.1. The van der Waals surface area contributed by atoms with E-state index in [-0.39, 0.29) is 6.04 Å². The zero-order valence-electron chi connectivity index (χ0n) is 18.7. The van der Waals surface area contributed by atoms with E-state index in [9.17, 15) is 13.6 Å². The quantitative estimate of drug-likeness (QED) is 0.500. The zero-order chi connectivity index (χ0) is 23.4. The molecule has 0 spiro atoms. The summed E-state index contributed by atoms with van der Waals surface area (Å²) in [6, 6.07) is 11.0. The lowest BCUT2D eigenvalue weighted by Crippen LogP contribution is -2.36. The summed E-state index contributed by atoms with van der Waals surface area (Å²) in [5.41, 5.74) is 0.462. The molecule has 1 aromatic heterocycles. The van der Waals surface area contributed by atoms with Gasteiger partial charge in [0.1, 0.15) is 23.1 Å². The van der Waals surface area contributed by atoms with Gasteiger partial charge in [0, 0.05) is 32.1 Å². The van der Waals surface area contributed by atoms with Crippen LogP contribution in [0.5, 0.6) is 0 Å². The van der Waals surface area contributed by atoms with E-state index in [1.54, 1.807) is 0 Å². The predicted molar refractivity (Wildman–Crippen MR) is 127 cm³/mol. The van der Waals surface area contributed by atoms with Crippen molar-refractivity contribution in [3.63, 3.8) is 0 Å². The average Bonchev–Trinajstić information content (AvgIpc) is 2.80. The maximum Gasteiger partial charge on any atom is 0.319 e. The number of hydrogen-bond acceptors (Lipinski definition) is 5. The summed E-state index contributed by atoms with van der Waals surface area (Å²) >= 11 is 0. The minimum absolute atomic E-state index is 0.249. The van der Waals surface area contributed by atoms with Gasteiger partial charge in [0.25, 0.3) is 0 Å². The van der Waals surface area contributed by atoms with Gasteiger partial charge in [-0.1, -0.05) is 18.2 Å². The molecule has 0 unspecified atom stereocenters. The first-order chi connectivity index (χ1) is 15.9. The van der Waals surface area contributed by atoms with Gasteiger partial charge in [0.2, 0.25) is 5.95 Å². The summed E-state index contributed by atoms with van der Waals surface area (Å²) in [6.07, 6.45) is 3.67. The Labute approximate surface area is 191 Å². The molecule has 0 radical (unpaired) electrons. The van der Waals surface area contributed by atoms with Crippen LogP contribution >= 0.6 is 0 Å². The van der Waals surface area contributed by atoms with Crippen LogP contribution < -0.4 is 20.9 Å². The smallest absolute Gasteiger partial charge is 0.319 e. The maximum atomic E-state index is 13.7. The second-order valence-electron chi connectivity index (χ2n) is 8.58. The van der Waals surface area contributed by atoms with Crippen molar-refractivity contribution < 1.29 is 13.6 Å². The molecule has 33 heavy (non-hydrogen) atoms. The largest absolute Gasteiger partial charge is 0.362 e. The number of benzene rings is 2. The topological polar surface area (TPSA) is 82.2 Å². The molecule has 3 N–H and O–H groups in total. The van der Waals surface area contributed by atoms with Crippen LogP contribution in [0, 0.1) is 17.6 Å². The van der Waals surface area contributed by atoms with Crippen LogP contribution in [0.4, 0.5) is 31.0 Å². The minimum Gasteiger partial charge on any atom is -0.362 e. The number of carbonyl (C=O) groups is 1. The lowest BCUT2D eigenvalue weighted by molar-refractivity contribution is 0.246. The SMILES string of the molecule is CN(C)c1nc(N[C@H]2CC[C@@H](CNC(=O)Nc3c(F)cccc3F)CC2)nc2ccccc12. The number of fused-ring (bicyclic) bond motifs is 1. The summed E-state index contributed by atoms with van der Waals surface area (Å²) in [5, 5.41) is 9.46. The van der Waals surface area contributed by atoms with Crippen molar-refractivity contribution in [1.29, 1.82) is 0 Å². The summed E-state index contributed by atoms with van der Waals surface area (Å²) in [7, 11) is 3.93. The highest BCUT2D eigenvalue weighted by Gasteiger charge is 2.23. The van der Waals surface area contributed by atoms with Gasteiger partial charge in [0.15, 0.2) is 0 Å². The fourth-order valence-corrected chi connectivity index (χ4v) is 4.17. The van der Waals surface area contributed by atoms with Crippen LogP contribution in [0.15, 0.2) is 42.5 Å². The van der Waals surface area contributed by atoms with Gasteiger partial charge in [-0.15, -0.1) is 0 Å². The molecule has 0 bridgehead atoms. The lowest BCUT2D eigenvalue weighted by atomic mass is 9.86. The number of urea groups is 1. The highest BCUT2D eigenvalue weighted by Crippen LogP contribution is 2.28. The van der Waals surface area contributed by atoms with E-state index in [2.05, 4.69) is 20.9 Å². The van der Waals surface area contributed by atoms with Crippen LogP contribution in [-0.4, -0.2) is 42.7 Å². The Balaban J connectivity index is 1.28. The molecule has 0 atom stereocenters. The second-order valence-corrected chi connectivity index (χ2v) is 8.58. The van der Waals surface area contributed by atoms with E-state index < -0.39 is 23.4 Å². The van der Waals surface area contributed by atoms with E-state index in [0.717, 1.165) is 54.5 Å². The molecule has 1 fully saturated rings. The van der Waals surface area contributed by atoms with Crippen molar-refractivity contribution in [2.45, 2.75) is 31.7 Å². The number of aromatic nitrogens is 2. The van der Waals surface area contributed by atoms with Crippen molar-refractivity contribution in [1.82, 2.24) is 15.3 Å². The van der Waals surface area contributed by atoms with E-state index in [0.29, 0.717) is 18.4 Å². The molecule has 2 aromatic carbocycles. The van der Waals surface area contributed by atoms with E-state index in [4.69, 9.17) is 4.98 Å². The third kappa shape index (κ3) is 5.47. The Hall–Kier alpha value is -3.49. The molecule has 1 heterocycles. The van der Waals surface area contributed by atoms with Gasteiger partial charge >= 0.3 is 6.03 Å². The number of carbonyl (C=O) groups excluding carboxylic acids is 1. The van der Waals surface area contributed by atoms with Crippen LogP contribution in [0.3, 0.4) is 0 Å². The highest BCUT2D eigenvalue weighted by molar-refractivity contribution is 5.90. The number of anilines is 3. The minimum atomic E-state index is -0.801. The lowest BCUT2D eigenvalue weighted by Gasteiger charge is -2.29. The molecule has 0 saturated heterocycles. The number of para-hydroxylation sites is 2. The van der Waals surface area contributed by atoms with E-state index >= 15 is 0 Å². The molecular weight excluding hydrogens is 426 g/mol. The Kier molecular flexibility index (Phi) is 6.86. The number of halogens is 2. The fourth-order valence-electron chi connectivity index (χ4n) is 4.17. The summed E-state index contributed by atoms with van der Waals surface area (Å²) < 4.78 is 27.4. The molecule has 1 saturated carbocycles. The van der Waals surface area contributed by atoms with Crippen molar-refractivity contribution in [2.75, 3.05) is 36.2 Å². The first kappa shape index (κ1) is 22.7. The average molecular weight is 455 g/mol. The Morgan fingerprint density at radius 2 is 1.70 bits per heavy atom. The van der Waals surface area contributed by atoms with Crippen LogP contribution in [-0.2, 0) is 0 Å². The van der Waals surface area contributed by atoms with Gasteiger partial charge < -0.3 is 20.9 Å². The predicted octanol–water partition coefficient (Wildman–Crippen LogP) is 4.77. The number of nitrogens with zero attached hydrogens (tertiary/aromatic N) is 3. The summed E-state index contributed by atoms with van der Waals surface area (Å²) in [5.74, 6) is 0.188. The zero-order valence-corrected chi connectivity index (χ0v) is 18.7. The molecule has 4 rings (SSSR count). The van der Waals surface area contributed by atoms with Crippen LogP contribution in [0.25, 0.3) is 10.9 Å².